The van der Waals surface area contributed by atoms with Crippen LogP contribution in [0.25, 0.3) is 0 Å². The van der Waals surface area contributed by atoms with Crippen molar-refractivity contribution < 1.29 is 9.53 Å². The molecule has 0 spiro atoms. The smallest absolute Gasteiger partial charge is 0.248 e. The number of piperazine rings is 1. The van der Waals surface area contributed by atoms with E-state index in [1.165, 1.54) is 11.8 Å². The number of anilines is 1. The molecule has 1 aliphatic rings. The second-order valence-electron chi connectivity index (χ2n) is 6.27. The number of hydrogen-bond acceptors (Lipinski definition) is 4. The van der Waals surface area contributed by atoms with E-state index >= 15 is 0 Å². The molecular weight excluding hydrogens is 318 g/mol. The lowest BCUT2D eigenvalue weighted by Crippen LogP contribution is -2.54. The summed E-state index contributed by atoms with van der Waals surface area (Å²) in [4.78, 5) is 30.3. The minimum Gasteiger partial charge on any atom is -0.367 e. The van der Waals surface area contributed by atoms with Crippen LogP contribution in [0.4, 0.5) is 5.69 Å². The Kier molecular flexibility index (Phi) is 5.50. The van der Waals surface area contributed by atoms with Gasteiger partial charge in [0.1, 0.15) is 6.61 Å². The summed E-state index contributed by atoms with van der Waals surface area (Å²) in [5, 5.41) is 0. The first-order valence-corrected chi connectivity index (χ1v) is 8.48. The largest absolute Gasteiger partial charge is 0.367 e. The highest BCUT2D eigenvalue weighted by atomic mass is 16.5. The molecule has 1 N–H and O–H groups in total. The van der Waals surface area contributed by atoms with Crippen molar-refractivity contribution in [3.63, 3.8) is 0 Å². The third kappa shape index (κ3) is 4.48. The average molecular weight is 341 g/mol. The number of aromatic nitrogens is 1. The molecule has 0 unspecified atom stereocenters. The van der Waals surface area contributed by atoms with Crippen LogP contribution in [-0.2, 0) is 16.1 Å². The molecule has 0 saturated carbocycles. The van der Waals surface area contributed by atoms with Gasteiger partial charge < -0.3 is 19.5 Å². The highest BCUT2D eigenvalue weighted by Crippen LogP contribution is 2.20. The highest BCUT2D eigenvalue weighted by Gasteiger charge is 2.26. The maximum absolute atomic E-state index is 12.4. The molecule has 1 aliphatic heterocycles. The predicted octanol–water partition coefficient (Wildman–Crippen LogP) is 1.63. The zero-order chi connectivity index (χ0) is 17.6. The summed E-state index contributed by atoms with van der Waals surface area (Å²) in [6, 6.07) is 13.8. The van der Waals surface area contributed by atoms with Crippen molar-refractivity contribution in [2.24, 2.45) is 0 Å². The zero-order valence-corrected chi connectivity index (χ0v) is 14.4. The molecule has 3 rings (SSSR count). The Morgan fingerprint density at radius 1 is 1.24 bits per heavy atom. The van der Waals surface area contributed by atoms with Gasteiger partial charge in [-0.15, -0.1) is 0 Å². The average Bonchev–Trinajstić information content (AvgIpc) is 2.62. The molecule has 1 atom stereocenters. The van der Waals surface area contributed by atoms with E-state index in [0.717, 1.165) is 12.1 Å². The zero-order valence-electron chi connectivity index (χ0n) is 14.4. The standard InChI is InChI=1S/C19H23N3O3/c1-15-12-21(9-10-22(15)17-5-3-2-4-6-17)19(24)14-25-13-16-7-8-20-18(23)11-16/h2-8,11,15H,9-10,12-14H2,1H3,(H,20,23)/t15-/m0/s1. The SMILES string of the molecule is C[C@H]1CN(C(=O)COCc2cc[nH]c(=O)c2)CCN1c1ccccc1. The number of carbonyl (C=O) groups excluding carboxylic acids is 1. The lowest BCUT2D eigenvalue weighted by atomic mass is 10.1. The Bertz CT molecular complexity index is 760. The minimum absolute atomic E-state index is 0.00981. The molecule has 0 bridgehead atoms. The van der Waals surface area contributed by atoms with Crippen molar-refractivity contribution >= 4 is 11.6 Å². The number of nitrogens with zero attached hydrogens (tertiary/aromatic N) is 2. The van der Waals surface area contributed by atoms with Crippen molar-refractivity contribution in [1.82, 2.24) is 9.88 Å². The maximum Gasteiger partial charge on any atom is 0.248 e. The number of H-pyrrole nitrogens is 1. The summed E-state index contributed by atoms with van der Waals surface area (Å²) in [6.07, 6.45) is 1.58. The van der Waals surface area contributed by atoms with Crippen LogP contribution in [0.5, 0.6) is 0 Å². The van der Waals surface area contributed by atoms with Crippen molar-refractivity contribution in [2.45, 2.75) is 19.6 Å². The maximum atomic E-state index is 12.4. The monoisotopic (exact) mass is 341 g/mol. The molecule has 132 valence electrons. The van der Waals surface area contributed by atoms with Gasteiger partial charge in [0.25, 0.3) is 0 Å². The number of carbonyl (C=O) groups is 1. The van der Waals surface area contributed by atoms with E-state index in [1.807, 2.05) is 23.1 Å². The molecule has 2 heterocycles. The molecule has 0 radical (unpaired) electrons. The number of rotatable bonds is 5. The van der Waals surface area contributed by atoms with Crippen LogP contribution in [0, 0.1) is 0 Å². The number of pyridine rings is 1. The van der Waals surface area contributed by atoms with Gasteiger partial charge >= 0.3 is 0 Å². The number of para-hydroxylation sites is 1. The molecule has 6 nitrogen and oxygen atoms in total. The van der Waals surface area contributed by atoms with Gasteiger partial charge in [-0.25, -0.2) is 0 Å². The van der Waals surface area contributed by atoms with Crippen LogP contribution < -0.4 is 10.5 Å². The minimum atomic E-state index is -0.168. The molecule has 1 amide bonds. The summed E-state index contributed by atoms with van der Waals surface area (Å²) in [5.41, 5.74) is 1.78. The van der Waals surface area contributed by atoms with Gasteiger partial charge in [-0.1, -0.05) is 18.2 Å². The van der Waals surface area contributed by atoms with Crippen LogP contribution in [0.3, 0.4) is 0 Å². The lowest BCUT2D eigenvalue weighted by molar-refractivity contribution is -0.137. The van der Waals surface area contributed by atoms with Gasteiger partial charge in [0.05, 0.1) is 6.61 Å². The Morgan fingerprint density at radius 3 is 2.76 bits per heavy atom. The first kappa shape index (κ1) is 17.2. The van der Waals surface area contributed by atoms with Gasteiger partial charge in [0, 0.05) is 43.6 Å². The van der Waals surface area contributed by atoms with Gasteiger partial charge in [0.2, 0.25) is 11.5 Å². The Balaban J connectivity index is 1.48. The second-order valence-corrected chi connectivity index (χ2v) is 6.27. The topological polar surface area (TPSA) is 65.6 Å². The predicted molar refractivity (Wildman–Crippen MR) is 96.5 cm³/mol. The van der Waals surface area contributed by atoms with E-state index in [1.54, 1.807) is 12.3 Å². The number of nitrogens with one attached hydrogen (secondary N) is 1. The Hall–Kier alpha value is -2.60. The number of ether oxygens (including phenoxy) is 1. The van der Waals surface area contributed by atoms with Gasteiger partial charge in [-0.3, -0.25) is 9.59 Å². The quantitative estimate of drug-likeness (QED) is 0.898. The van der Waals surface area contributed by atoms with Crippen molar-refractivity contribution in [1.29, 1.82) is 0 Å². The number of hydrogen-bond donors (Lipinski definition) is 1. The summed E-state index contributed by atoms with van der Waals surface area (Å²) >= 11 is 0. The second kappa shape index (κ2) is 7.98. The van der Waals surface area contributed by atoms with E-state index in [4.69, 9.17) is 4.74 Å². The summed E-state index contributed by atoms with van der Waals surface area (Å²) < 4.78 is 5.48. The first-order valence-electron chi connectivity index (χ1n) is 8.48. The number of aromatic amines is 1. The van der Waals surface area contributed by atoms with E-state index in [2.05, 4.69) is 28.9 Å². The summed E-state index contributed by atoms with van der Waals surface area (Å²) in [5.74, 6) is -0.00981. The highest BCUT2D eigenvalue weighted by molar-refractivity contribution is 5.77. The Labute approximate surface area is 147 Å². The van der Waals surface area contributed by atoms with E-state index in [-0.39, 0.29) is 30.7 Å². The van der Waals surface area contributed by atoms with Crippen LogP contribution in [0.15, 0.2) is 53.5 Å². The molecule has 6 heteroatoms. The molecule has 1 saturated heterocycles. The number of benzene rings is 1. The third-order valence-corrected chi connectivity index (χ3v) is 4.40. The van der Waals surface area contributed by atoms with Crippen molar-refractivity contribution in [3.8, 4) is 0 Å². The van der Waals surface area contributed by atoms with Crippen LogP contribution in [-0.4, -0.2) is 48.1 Å². The van der Waals surface area contributed by atoms with E-state index in [0.29, 0.717) is 13.1 Å². The molecular formula is C19H23N3O3. The fraction of sp³-hybridized carbons (Fsp3) is 0.368. The van der Waals surface area contributed by atoms with E-state index < -0.39 is 0 Å². The van der Waals surface area contributed by atoms with Gasteiger partial charge in [0.15, 0.2) is 0 Å². The lowest BCUT2D eigenvalue weighted by Gasteiger charge is -2.41. The third-order valence-electron chi connectivity index (χ3n) is 4.40. The normalized spacial score (nSPS) is 17.6. The molecule has 1 fully saturated rings. The fourth-order valence-corrected chi connectivity index (χ4v) is 3.11. The molecule has 25 heavy (non-hydrogen) atoms. The fourth-order valence-electron chi connectivity index (χ4n) is 3.11. The first-order chi connectivity index (χ1) is 12.1. The van der Waals surface area contributed by atoms with E-state index in [9.17, 15) is 9.59 Å². The Morgan fingerprint density at radius 2 is 2.04 bits per heavy atom. The number of amides is 1. The molecule has 0 aliphatic carbocycles. The molecule has 1 aromatic carbocycles. The summed E-state index contributed by atoms with van der Waals surface area (Å²) in [6.45, 7) is 4.60. The molecule has 2 aromatic rings. The van der Waals surface area contributed by atoms with Crippen molar-refractivity contribution in [3.05, 3.63) is 64.6 Å². The summed E-state index contributed by atoms with van der Waals surface area (Å²) in [7, 11) is 0. The van der Waals surface area contributed by atoms with Crippen LogP contribution in [0.2, 0.25) is 0 Å². The molecule has 1 aromatic heterocycles. The van der Waals surface area contributed by atoms with Gasteiger partial charge in [-0.05, 0) is 30.7 Å². The van der Waals surface area contributed by atoms with Crippen LogP contribution >= 0.6 is 0 Å². The van der Waals surface area contributed by atoms with Gasteiger partial charge in [-0.2, -0.15) is 0 Å². The van der Waals surface area contributed by atoms with Crippen molar-refractivity contribution in [2.75, 3.05) is 31.1 Å². The van der Waals surface area contributed by atoms with Crippen LogP contribution in [0.1, 0.15) is 12.5 Å².